The summed E-state index contributed by atoms with van der Waals surface area (Å²) in [4.78, 5) is 26.5. The van der Waals surface area contributed by atoms with Crippen LogP contribution in [0.15, 0.2) is 84.9 Å². The molecule has 1 saturated heterocycles. The molecule has 3 aromatic carbocycles. The summed E-state index contributed by atoms with van der Waals surface area (Å²) in [7, 11) is 0. The molecule has 4 aromatic rings. The van der Waals surface area contributed by atoms with E-state index in [1.807, 2.05) is 72.5 Å². The highest BCUT2D eigenvalue weighted by Crippen LogP contribution is 2.22. The van der Waals surface area contributed by atoms with Gasteiger partial charge in [-0.25, -0.2) is 4.98 Å². The smallest absolute Gasteiger partial charge is 0.253 e. The van der Waals surface area contributed by atoms with Gasteiger partial charge in [0.05, 0.1) is 0 Å². The molecule has 0 atom stereocenters. The average molecular weight is 464 g/mol. The van der Waals surface area contributed by atoms with Gasteiger partial charge in [0, 0.05) is 49.2 Å². The third-order valence-corrected chi connectivity index (χ3v) is 6.26. The van der Waals surface area contributed by atoms with Gasteiger partial charge in [0.1, 0.15) is 5.82 Å². The number of nitrogens with one attached hydrogen (secondary N) is 1. The number of benzene rings is 3. The lowest BCUT2D eigenvalue weighted by Crippen LogP contribution is -2.49. The van der Waals surface area contributed by atoms with Crippen molar-refractivity contribution in [3.05, 3.63) is 102 Å². The minimum atomic E-state index is 0.0659. The Morgan fingerprint density at radius 2 is 1.43 bits per heavy atom. The highest BCUT2D eigenvalue weighted by molar-refractivity contribution is 5.95. The lowest BCUT2D eigenvalue weighted by atomic mass is 10.0. The molecule has 6 nitrogen and oxygen atoms in total. The number of piperazine rings is 1. The first-order chi connectivity index (χ1) is 17.0. The van der Waals surface area contributed by atoms with Gasteiger partial charge in [0.2, 0.25) is 5.95 Å². The van der Waals surface area contributed by atoms with Gasteiger partial charge in [0.25, 0.3) is 5.91 Å². The van der Waals surface area contributed by atoms with Crippen LogP contribution >= 0.6 is 0 Å². The second kappa shape index (κ2) is 9.97. The fourth-order valence-electron chi connectivity index (χ4n) is 4.27. The summed E-state index contributed by atoms with van der Waals surface area (Å²) in [5.74, 6) is 1.53. The van der Waals surface area contributed by atoms with Crippen LogP contribution in [0.1, 0.15) is 21.6 Å². The molecule has 1 aliphatic rings. The minimum Gasteiger partial charge on any atom is -0.340 e. The largest absolute Gasteiger partial charge is 0.340 e. The summed E-state index contributed by atoms with van der Waals surface area (Å²) >= 11 is 0. The Morgan fingerprint density at radius 3 is 2.11 bits per heavy atom. The predicted octanol–water partition coefficient (Wildman–Crippen LogP) is 5.47. The molecule has 0 unspecified atom stereocenters. The maximum absolute atomic E-state index is 13.1. The van der Waals surface area contributed by atoms with Crippen molar-refractivity contribution in [2.45, 2.75) is 13.8 Å². The number of carbonyl (C=O) groups is 1. The minimum absolute atomic E-state index is 0.0659. The van der Waals surface area contributed by atoms with Crippen LogP contribution in [0.25, 0.3) is 11.1 Å². The van der Waals surface area contributed by atoms with Crippen LogP contribution in [0.4, 0.5) is 17.5 Å². The molecule has 0 saturated carbocycles. The van der Waals surface area contributed by atoms with Crippen LogP contribution < -0.4 is 10.2 Å². The Kier molecular flexibility index (Phi) is 6.44. The molecule has 176 valence electrons. The van der Waals surface area contributed by atoms with Gasteiger partial charge in [0.15, 0.2) is 0 Å². The van der Waals surface area contributed by atoms with Gasteiger partial charge in [-0.15, -0.1) is 0 Å². The van der Waals surface area contributed by atoms with Gasteiger partial charge in [-0.1, -0.05) is 60.2 Å². The second-order valence-corrected chi connectivity index (χ2v) is 8.91. The lowest BCUT2D eigenvalue weighted by Gasteiger charge is -2.35. The maximum atomic E-state index is 13.1. The third-order valence-electron chi connectivity index (χ3n) is 6.26. The molecule has 1 aliphatic heterocycles. The number of nitrogens with zero attached hydrogens (tertiary/aromatic N) is 4. The fraction of sp³-hybridized carbons (Fsp3) is 0.207. The number of hydrogen-bond donors (Lipinski definition) is 1. The van der Waals surface area contributed by atoms with Crippen LogP contribution in [0.3, 0.4) is 0 Å². The van der Waals surface area contributed by atoms with E-state index < -0.39 is 0 Å². The van der Waals surface area contributed by atoms with Crippen molar-refractivity contribution >= 4 is 23.4 Å². The van der Waals surface area contributed by atoms with E-state index in [0.29, 0.717) is 32.1 Å². The van der Waals surface area contributed by atoms with Crippen LogP contribution in [0, 0.1) is 13.8 Å². The molecule has 0 spiro atoms. The Bertz CT molecular complexity index is 1300. The summed E-state index contributed by atoms with van der Waals surface area (Å²) in [6.07, 6.45) is 0. The topological polar surface area (TPSA) is 61.4 Å². The van der Waals surface area contributed by atoms with Gasteiger partial charge < -0.3 is 15.1 Å². The summed E-state index contributed by atoms with van der Waals surface area (Å²) < 4.78 is 0. The third kappa shape index (κ3) is 5.32. The van der Waals surface area contributed by atoms with Crippen LogP contribution in [-0.4, -0.2) is 47.0 Å². The van der Waals surface area contributed by atoms with Crippen molar-refractivity contribution < 1.29 is 4.79 Å². The monoisotopic (exact) mass is 463 g/mol. The number of carbonyl (C=O) groups excluding carboxylic acids is 1. The molecule has 35 heavy (non-hydrogen) atoms. The Balaban J connectivity index is 1.22. The molecular formula is C29H29N5O. The standard InChI is InChI=1S/C29H29N5O/c1-21-8-14-26(15-9-21)31-27-20-22(2)30-29(32-27)34-18-16-33(17-19-34)28(35)25-12-10-24(11-13-25)23-6-4-3-5-7-23/h3-15,20H,16-19H2,1-2H3,(H,30,31,32). The van der Waals surface area contributed by atoms with Gasteiger partial charge in [-0.2, -0.15) is 4.98 Å². The normalized spacial score (nSPS) is 13.5. The van der Waals surface area contributed by atoms with Crippen molar-refractivity contribution in [2.24, 2.45) is 0 Å². The summed E-state index contributed by atoms with van der Waals surface area (Å²) in [6.45, 7) is 6.71. The molecule has 0 radical (unpaired) electrons. The van der Waals surface area contributed by atoms with E-state index in [9.17, 15) is 4.79 Å². The predicted molar refractivity (Wildman–Crippen MR) is 141 cm³/mol. The highest BCUT2D eigenvalue weighted by Gasteiger charge is 2.24. The van der Waals surface area contributed by atoms with Crippen molar-refractivity contribution in [1.29, 1.82) is 0 Å². The number of hydrogen-bond acceptors (Lipinski definition) is 5. The zero-order valence-corrected chi connectivity index (χ0v) is 20.1. The zero-order chi connectivity index (χ0) is 24.2. The lowest BCUT2D eigenvalue weighted by molar-refractivity contribution is 0.0746. The van der Waals surface area contributed by atoms with Crippen molar-refractivity contribution in [1.82, 2.24) is 14.9 Å². The van der Waals surface area contributed by atoms with E-state index in [2.05, 4.69) is 46.4 Å². The Hall–Kier alpha value is -4.19. The van der Waals surface area contributed by atoms with E-state index in [-0.39, 0.29) is 5.91 Å². The SMILES string of the molecule is Cc1ccc(Nc2cc(C)nc(N3CCN(C(=O)c4ccc(-c5ccccc5)cc4)CC3)n2)cc1. The first-order valence-corrected chi connectivity index (χ1v) is 11.9. The summed E-state index contributed by atoms with van der Waals surface area (Å²) in [5, 5.41) is 3.37. The first-order valence-electron chi connectivity index (χ1n) is 11.9. The Morgan fingerprint density at radius 1 is 0.771 bits per heavy atom. The molecule has 1 N–H and O–H groups in total. The molecule has 2 heterocycles. The van der Waals surface area contributed by atoms with E-state index in [0.717, 1.165) is 33.9 Å². The van der Waals surface area contributed by atoms with E-state index in [1.54, 1.807) is 0 Å². The molecular weight excluding hydrogens is 434 g/mol. The van der Waals surface area contributed by atoms with Crippen molar-refractivity contribution in [3.8, 4) is 11.1 Å². The first kappa shape index (κ1) is 22.6. The molecule has 0 aliphatic carbocycles. The maximum Gasteiger partial charge on any atom is 0.253 e. The molecule has 1 fully saturated rings. The number of aryl methyl sites for hydroxylation is 2. The number of amides is 1. The van der Waals surface area contributed by atoms with E-state index in [1.165, 1.54) is 5.56 Å². The molecule has 0 bridgehead atoms. The molecule has 5 rings (SSSR count). The number of anilines is 3. The number of aromatic nitrogens is 2. The van der Waals surface area contributed by atoms with E-state index >= 15 is 0 Å². The quantitative estimate of drug-likeness (QED) is 0.425. The summed E-state index contributed by atoms with van der Waals surface area (Å²) in [6, 6.07) is 28.2. The number of rotatable bonds is 5. The van der Waals surface area contributed by atoms with Gasteiger partial charge >= 0.3 is 0 Å². The second-order valence-electron chi connectivity index (χ2n) is 8.91. The van der Waals surface area contributed by atoms with E-state index in [4.69, 9.17) is 4.98 Å². The summed E-state index contributed by atoms with van der Waals surface area (Å²) in [5.41, 5.74) is 6.09. The molecule has 1 amide bonds. The highest BCUT2D eigenvalue weighted by atomic mass is 16.2. The Labute approximate surface area is 206 Å². The molecule has 1 aromatic heterocycles. The fourth-order valence-corrected chi connectivity index (χ4v) is 4.27. The zero-order valence-electron chi connectivity index (χ0n) is 20.1. The van der Waals surface area contributed by atoms with Crippen LogP contribution in [-0.2, 0) is 0 Å². The van der Waals surface area contributed by atoms with Crippen LogP contribution in [0.2, 0.25) is 0 Å². The van der Waals surface area contributed by atoms with Crippen LogP contribution in [0.5, 0.6) is 0 Å². The van der Waals surface area contributed by atoms with Crippen molar-refractivity contribution in [3.63, 3.8) is 0 Å². The molecule has 6 heteroatoms. The van der Waals surface area contributed by atoms with Crippen molar-refractivity contribution in [2.75, 3.05) is 36.4 Å². The van der Waals surface area contributed by atoms with Gasteiger partial charge in [-0.05, 0) is 49.2 Å². The average Bonchev–Trinajstić information content (AvgIpc) is 2.90. The van der Waals surface area contributed by atoms with Gasteiger partial charge in [-0.3, -0.25) is 4.79 Å².